The lowest BCUT2D eigenvalue weighted by Gasteiger charge is -2.26. The van der Waals surface area contributed by atoms with Gasteiger partial charge in [-0.2, -0.15) is 0 Å². The van der Waals surface area contributed by atoms with Crippen molar-refractivity contribution in [3.8, 4) is 0 Å². The van der Waals surface area contributed by atoms with Gasteiger partial charge in [0, 0.05) is 26.2 Å². The van der Waals surface area contributed by atoms with Gasteiger partial charge < -0.3 is 15.5 Å². The van der Waals surface area contributed by atoms with E-state index < -0.39 is 0 Å². The van der Waals surface area contributed by atoms with Crippen molar-refractivity contribution in [1.82, 2.24) is 15.5 Å². The second-order valence-corrected chi connectivity index (χ2v) is 6.68. The molecule has 3 atom stereocenters. The number of nitrogens with one attached hydrogen (secondary N) is 2. The van der Waals surface area contributed by atoms with E-state index in [0.717, 1.165) is 17.8 Å². The van der Waals surface area contributed by atoms with Crippen LogP contribution in [-0.4, -0.2) is 49.5 Å². The molecular weight excluding hydrogens is 252 g/mol. The van der Waals surface area contributed by atoms with E-state index in [1.807, 2.05) is 0 Å². The number of fused-ring (bicyclic) bond motifs is 2. The third-order valence-corrected chi connectivity index (χ3v) is 4.36. The molecule has 0 aromatic rings. The maximum Gasteiger partial charge on any atom is 0.243 e. The highest BCUT2D eigenvalue weighted by Crippen LogP contribution is 2.44. The van der Waals surface area contributed by atoms with E-state index in [2.05, 4.69) is 29.5 Å². The van der Waals surface area contributed by atoms with Crippen molar-refractivity contribution in [2.45, 2.75) is 51.6 Å². The summed E-state index contributed by atoms with van der Waals surface area (Å²) in [5.41, 5.74) is 0. The molecule has 0 aliphatic heterocycles. The number of carbonyl (C=O) groups excluding carboxylic acids is 1. The summed E-state index contributed by atoms with van der Waals surface area (Å²) in [7, 11) is 3.52. The maximum absolute atomic E-state index is 11.7. The van der Waals surface area contributed by atoms with Crippen molar-refractivity contribution in [2.24, 2.45) is 16.8 Å². The molecule has 2 N–H and O–H groups in total. The molecule has 0 unspecified atom stereocenters. The summed E-state index contributed by atoms with van der Waals surface area (Å²) in [6, 6.07) is 0.850. The quantitative estimate of drug-likeness (QED) is 0.601. The predicted octanol–water partition coefficient (Wildman–Crippen LogP) is 1.21. The van der Waals surface area contributed by atoms with Gasteiger partial charge in [-0.3, -0.25) is 4.79 Å². The third-order valence-electron chi connectivity index (χ3n) is 4.36. The highest BCUT2D eigenvalue weighted by molar-refractivity contribution is 5.85. The minimum Gasteiger partial charge on any atom is -0.354 e. The first-order valence-corrected chi connectivity index (χ1v) is 7.73. The van der Waals surface area contributed by atoms with Gasteiger partial charge in [0.15, 0.2) is 5.96 Å². The molecular formula is C15H28N4O. The van der Waals surface area contributed by atoms with Crippen LogP contribution in [0.2, 0.25) is 0 Å². The van der Waals surface area contributed by atoms with E-state index in [4.69, 9.17) is 0 Å². The monoisotopic (exact) mass is 280 g/mol. The van der Waals surface area contributed by atoms with Gasteiger partial charge in [-0.05, 0) is 44.9 Å². The minimum atomic E-state index is 0.0304. The smallest absolute Gasteiger partial charge is 0.243 e. The Hall–Kier alpha value is -1.26. The molecule has 20 heavy (non-hydrogen) atoms. The topological polar surface area (TPSA) is 56.7 Å². The molecule has 0 aromatic heterocycles. The van der Waals surface area contributed by atoms with Crippen LogP contribution in [0.3, 0.4) is 0 Å². The van der Waals surface area contributed by atoms with Gasteiger partial charge in [-0.25, -0.2) is 4.99 Å². The zero-order valence-electron chi connectivity index (χ0n) is 13.1. The number of nitrogens with zero attached hydrogens (tertiary/aromatic N) is 2. The normalized spacial score (nSPS) is 28.9. The number of aliphatic imine (C=N–C) groups is 1. The molecule has 0 radical (unpaired) electrons. The predicted molar refractivity (Wildman–Crippen MR) is 81.6 cm³/mol. The molecule has 5 nitrogen and oxygen atoms in total. The summed E-state index contributed by atoms with van der Waals surface area (Å²) >= 11 is 0. The van der Waals surface area contributed by atoms with Crippen LogP contribution in [0, 0.1) is 11.8 Å². The molecule has 2 saturated carbocycles. The molecule has 1 amide bonds. The van der Waals surface area contributed by atoms with E-state index in [-0.39, 0.29) is 12.5 Å². The summed E-state index contributed by atoms with van der Waals surface area (Å²) in [6.45, 7) is 4.38. The zero-order valence-corrected chi connectivity index (χ0v) is 13.1. The van der Waals surface area contributed by atoms with Gasteiger partial charge in [-0.15, -0.1) is 0 Å². The lowest BCUT2D eigenvalue weighted by Crippen LogP contribution is -2.48. The number of hydrogen-bond acceptors (Lipinski definition) is 2. The van der Waals surface area contributed by atoms with E-state index in [1.165, 1.54) is 25.7 Å². The van der Waals surface area contributed by atoms with Crippen molar-refractivity contribution < 1.29 is 4.79 Å². The first-order valence-electron chi connectivity index (χ1n) is 7.73. The fraction of sp³-hybridized carbons (Fsp3) is 0.867. The maximum atomic E-state index is 11.7. The Kier molecular flexibility index (Phi) is 4.89. The Labute approximate surface area is 122 Å². The van der Waals surface area contributed by atoms with Crippen LogP contribution in [0.25, 0.3) is 0 Å². The molecule has 2 aliphatic carbocycles. The second kappa shape index (κ2) is 6.46. The van der Waals surface area contributed by atoms with Crippen LogP contribution in [0.4, 0.5) is 0 Å². The van der Waals surface area contributed by atoms with Crippen LogP contribution in [0.5, 0.6) is 0 Å². The molecule has 0 heterocycles. The molecule has 2 bridgehead atoms. The average Bonchev–Trinajstić information content (AvgIpc) is 2.96. The van der Waals surface area contributed by atoms with Crippen LogP contribution in [0.15, 0.2) is 4.99 Å². The molecule has 0 saturated heterocycles. The van der Waals surface area contributed by atoms with Gasteiger partial charge >= 0.3 is 0 Å². The van der Waals surface area contributed by atoms with Gasteiger partial charge in [0.25, 0.3) is 0 Å². The van der Waals surface area contributed by atoms with Gasteiger partial charge in [0.1, 0.15) is 6.54 Å². The largest absolute Gasteiger partial charge is 0.354 e. The fourth-order valence-electron chi connectivity index (χ4n) is 3.29. The highest BCUT2D eigenvalue weighted by Gasteiger charge is 2.39. The summed E-state index contributed by atoms with van der Waals surface area (Å²) in [5.74, 6) is 2.51. The van der Waals surface area contributed by atoms with Crippen molar-refractivity contribution in [1.29, 1.82) is 0 Å². The Bertz CT molecular complexity index is 378. The van der Waals surface area contributed by atoms with E-state index >= 15 is 0 Å². The number of rotatable bonds is 4. The first-order chi connectivity index (χ1) is 9.45. The summed E-state index contributed by atoms with van der Waals surface area (Å²) in [5, 5.41) is 6.87. The standard InChI is InChI=1S/C15H28N4O/c1-10(2)17-15(16-9-14(20)19(3)4)18-13-8-11-5-6-12(13)7-11/h10-13H,5-9H2,1-4H3,(H2,16,17,18)/t11-,12-,13+/m0/s1. The Morgan fingerprint density at radius 2 is 2.05 bits per heavy atom. The fourth-order valence-corrected chi connectivity index (χ4v) is 3.29. The van der Waals surface area contributed by atoms with Gasteiger partial charge in [0.2, 0.25) is 5.91 Å². The lowest BCUT2D eigenvalue weighted by atomic mass is 9.95. The number of guanidine groups is 1. The molecule has 0 spiro atoms. The third kappa shape index (κ3) is 3.87. The molecule has 2 rings (SSSR count). The van der Waals surface area contributed by atoms with Gasteiger partial charge in [-0.1, -0.05) is 6.42 Å². The molecule has 0 aromatic carbocycles. The van der Waals surface area contributed by atoms with Crippen molar-refractivity contribution in [2.75, 3.05) is 20.6 Å². The summed E-state index contributed by atoms with van der Waals surface area (Å²) in [6.07, 6.45) is 5.36. The highest BCUT2D eigenvalue weighted by atomic mass is 16.2. The Morgan fingerprint density at radius 3 is 2.55 bits per heavy atom. The summed E-state index contributed by atoms with van der Waals surface area (Å²) < 4.78 is 0. The van der Waals surface area contributed by atoms with Crippen LogP contribution in [0.1, 0.15) is 39.5 Å². The Morgan fingerprint density at radius 1 is 1.30 bits per heavy atom. The average molecular weight is 280 g/mol. The van der Waals surface area contributed by atoms with Crippen molar-refractivity contribution in [3.63, 3.8) is 0 Å². The second-order valence-electron chi connectivity index (χ2n) is 6.68. The van der Waals surface area contributed by atoms with E-state index in [9.17, 15) is 4.79 Å². The zero-order chi connectivity index (χ0) is 14.7. The first kappa shape index (κ1) is 15.1. The minimum absolute atomic E-state index is 0.0304. The Balaban J connectivity index is 1.93. The molecule has 5 heteroatoms. The SMILES string of the molecule is CC(C)NC(=NCC(=O)N(C)C)N[C@@H]1C[C@H]2CC[C@H]1C2. The molecule has 2 aliphatic rings. The molecule has 2 fully saturated rings. The lowest BCUT2D eigenvalue weighted by molar-refractivity contribution is -0.127. The van der Waals surface area contributed by atoms with Crippen molar-refractivity contribution in [3.05, 3.63) is 0 Å². The number of likely N-dealkylation sites (N-methyl/N-ethyl adjacent to an activating group) is 1. The van der Waals surface area contributed by atoms with E-state index in [1.54, 1.807) is 19.0 Å². The van der Waals surface area contributed by atoms with Crippen LogP contribution < -0.4 is 10.6 Å². The van der Waals surface area contributed by atoms with E-state index in [0.29, 0.717) is 12.1 Å². The molecule has 114 valence electrons. The number of carbonyl (C=O) groups is 1. The summed E-state index contributed by atoms with van der Waals surface area (Å²) in [4.78, 5) is 17.7. The number of amides is 1. The van der Waals surface area contributed by atoms with Gasteiger partial charge in [0.05, 0.1) is 0 Å². The van der Waals surface area contributed by atoms with Crippen molar-refractivity contribution >= 4 is 11.9 Å². The van der Waals surface area contributed by atoms with Crippen LogP contribution in [-0.2, 0) is 4.79 Å². The van der Waals surface area contributed by atoms with Crippen LogP contribution >= 0.6 is 0 Å². The number of hydrogen-bond donors (Lipinski definition) is 2.